The van der Waals surface area contributed by atoms with Crippen molar-refractivity contribution < 1.29 is 0 Å². The lowest BCUT2D eigenvalue weighted by Crippen LogP contribution is -2.50. The van der Waals surface area contributed by atoms with E-state index in [4.69, 9.17) is 0 Å². The summed E-state index contributed by atoms with van der Waals surface area (Å²) >= 11 is 0. The molecule has 1 fully saturated rings. The Hall–Kier alpha value is -0.930. The van der Waals surface area contributed by atoms with Gasteiger partial charge in [0, 0.05) is 44.6 Å². The van der Waals surface area contributed by atoms with Crippen LogP contribution in [0.25, 0.3) is 0 Å². The monoisotopic (exact) mass is 205 g/mol. The van der Waals surface area contributed by atoms with Crippen LogP contribution in [0.5, 0.6) is 0 Å². The molecule has 0 aliphatic carbocycles. The molecule has 1 N–H and O–H groups in total. The average Bonchev–Trinajstić information content (AvgIpc) is 2.29. The summed E-state index contributed by atoms with van der Waals surface area (Å²) in [5, 5.41) is 3.41. The first kappa shape index (κ1) is 10.6. The zero-order chi connectivity index (χ0) is 10.5. The Morgan fingerprint density at radius 2 is 2.53 bits per heavy atom. The Morgan fingerprint density at radius 3 is 3.27 bits per heavy atom. The van der Waals surface area contributed by atoms with Crippen molar-refractivity contribution in [3.63, 3.8) is 0 Å². The van der Waals surface area contributed by atoms with E-state index >= 15 is 0 Å². The quantitative estimate of drug-likeness (QED) is 0.795. The maximum absolute atomic E-state index is 4.14. The van der Waals surface area contributed by atoms with Crippen molar-refractivity contribution in [3.8, 4) is 0 Å². The average molecular weight is 205 g/mol. The summed E-state index contributed by atoms with van der Waals surface area (Å²) in [6.45, 7) is 6.84. The Kier molecular flexibility index (Phi) is 3.69. The molecule has 1 atom stereocenters. The molecule has 0 amide bonds. The van der Waals surface area contributed by atoms with E-state index < -0.39 is 0 Å². The zero-order valence-electron chi connectivity index (χ0n) is 9.32. The molecule has 3 heteroatoms. The SMILES string of the molecule is C[C@@H]1CNCCN1CCc1cccnc1. The van der Waals surface area contributed by atoms with Gasteiger partial charge in [0.25, 0.3) is 0 Å². The molecule has 2 rings (SSSR count). The minimum atomic E-state index is 0.662. The minimum Gasteiger partial charge on any atom is -0.314 e. The molecule has 1 saturated heterocycles. The third-order valence-corrected chi connectivity index (χ3v) is 3.05. The highest BCUT2D eigenvalue weighted by atomic mass is 15.2. The molecule has 1 aliphatic rings. The van der Waals surface area contributed by atoms with Gasteiger partial charge in [0.1, 0.15) is 0 Å². The number of pyridine rings is 1. The van der Waals surface area contributed by atoms with E-state index in [0.29, 0.717) is 6.04 Å². The van der Waals surface area contributed by atoms with Crippen molar-refractivity contribution in [2.24, 2.45) is 0 Å². The smallest absolute Gasteiger partial charge is 0.0300 e. The van der Waals surface area contributed by atoms with Gasteiger partial charge in [-0.3, -0.25) is 9.88 Å². The maximum Gasteiger partial charge on any atom is 0.0300 e. The Morgan fingerprint density at radius 1 is 1.60 bits per heavy atom. The van der Waals surface area contributed by atoms with Crippen LogP contribution >= 0.6 is 0 Å². The zero-order valence-corrected chi connectivity index (χ0v) is 9.32. The highest BCUT2D eigenvalue weighted by Gasteiger charge is 2.16. The highest BCUT2D eigenvalue weighted by molar-refractivity contribution is 5.08. The van der Waals surface area contributed by atoms with Crippen LogP contribution in [0.15, 0.2) is 24.5 Å². The number of aromatic nitrogens is 1. The van der Waals surface area contributed by atoms with E-state index in [9.17, 15) is 0 Å². The lowest BCUT2D eigenvalue weighted by atomic mass is 10.1. The highest BCUT2D eigenvalue weighted by Crippen LogP contribution is 2.05. The van der Waals surface area contributed by atoms with E-state index in [0.717, 1.165) is 26.1 Å². The summed E-state index contributed by atoms with van der Waals surface area (Å²) in [7, 11) is 0. The van der Waals surface area contributed by atoms with Gasteiger partial charge in [-0.05, 0) is 25.0 Å². The first-order valence-corrected chi connectivity index (χ1v) is 5.70. The van der Waals surface area contributed by atoms with Crippen LogP contribution in [0.3, 0.4) is 0 Å². The molecule has 0 unspecified atom stereocenters. The first-order chi connectivity index (χ1) is 7.36. The lowest BCUT2D eigenvalue weighted by molar-refractivity contribution is 0.176. The number of hydrogen-bond acceptors (Lipinski definition) is 3. The molecule has 1 aromatic heterocycles. The number of piperazine rings is 1. The fourth-order valence-electron chi connectivity index (χ4n) is 2.03. The van der Waals surface area contributed by atoms with Crippen molar-refractivity contribution >= 4 is 0 Å². The van der Waals surface area contributed by atoms with Gasteiger partial charge in [0.05, 0.1) is 0 Å². The molecular formula is C12H19N3. The summed E-state index contributed by atoms with van der Waals surface area (Å²) in [4.78, 5) is 6.68. The molecule has 1 aliphatic heterocycles. The predicted molar refractivity (Wildman–Crippen MR) is 61.8 cm³/mol. The second kappa shape index (κ2) is 5.24. The molecule has 3 nitrogen and oxygen atoms in total. The second-order valence-electron chi connectivity index (χ2n) is 4.20. The van der Waals surface area contributed by atoms with Gasteiger partial charge >= 0.3 is 0 Å². The van der Waals surface area contributed by atoms with Crippen molar-refractivity contribution in [1.82, 2.24) is 15.2 Å². The van der Waals surface area contributed by atoms with Crippen LogP contribution in [0.4, 0.5) is 0 Å². The molecule has 15 heavy (non-hydrogen) atoms. The molecule has 1 aromatic rings. The third kappa shape index (κ3) is 3.01. The van der Waals surface area contributed by atoms with Gasteiger partial charge in [-0.1, -0.05) is 6.07 Å². The number of nitrogens with one attached hydrogen (secondary N) is 1. The topological polar surface area (TPSA) is 28.2 Å². The van der Waals surface area contributed by atoms with Crippen molar-refractivity contribution in [2.45, 2.75) is 19.4 Å². The van der Waals surface area contributed by atoms with Gasteiger partial charge in [0.2, 0.25) is 0 Å². The van der Waals surface area contributed by atoms with Gasteiger partial charge in [-0.15, -0.1) is 0 Å². The maximum atomic E-state index is 4.14. The molecule has 0 radical (unpaired) electrons. The molecule has 82 valence electrons. The predicted octanol–water partition coefficient (Wildman–Crippen LogP) is 0.918. The van der Waals surface area contributed by atoms with Crippen molar-refractivity contribution in [3.05, 3.63) is 30.1 Å². The summed E-state index contributed by atoms with van der Waals surface area (Å²) in [5.74, 6) is 0. The van der Waals surface area contributed by atoms with E-state index in [1.807, 2.05) is 18.5 Å². The van der Waals surface area contributed by atoms with Gasteiger partial charge in [-0.2, -0.15) is 0 Å². The fraction of sp³-hybridized carbons (Fsp3) is 0.583. The largest absolute Gasteiger partial charge is 0.314 e. The van der Waals surface area contributed by atoms with Crippen LogP contribution in [0.2, 0.25) is 0 Å². The normalized spacial score (nSPS) is 22.9. The molecule has 0 bridgehead atoms. The van der Waals surface area contributed by atoms with Crippen LogP contribution < -0.4 is 5.32 Å². The van der Waals surface area contributed by atoms with Crippen molar-refractivity contribution in [2.75, 3.05) is 26.2 Å². The summed E-state index contributed by atoms with van der Waals surface area (Å²) in [6.07, 6.45) is 4.90. The molecular weight excluding hydrogens is 186 g/mol. The first-order valence-electron chi connectivity index (χ1n) is 5.70. The number of nitrogens with zero attached hydrogens (tertiary/aromatic N) is 2. The standard InChI is InChI=1S/C12H19N3/c1-11-9-14-6-8-15(11)7-4-12-3-2-5-13-10-12/h2-3,5,10-11,14H,4,6-9H2,1H3/t11-/m1/s1. The fourth-order valence-corrected chi connectivity index (χ4v) is 2.03. The summed E-state index contributed by atoms with van der Waals surface area (Å²) in [5.41, 5.74) is 1.34. The summed E-state index contributed by atoms with van der Waals surface area (Å²) < 4.78 is 0. The van der Waals surface area contributed by atoms with E-state index in [1.165, 1.54) is 12.1 Å². The number of hydrogen-bond donors (Lipinski definition) is 1. The second-order valence-corrected chi connectivity index (χ2v) is 4.20. The van der Waals surface area contributed by atoms with E-state index in [2.05, 4.69) is 28.2 Å². The van der Waals surface area contributed by atoms with E-state index in [-0.39, 0.29) is 0 Å². The Balaban J connectivity index is 1.82. The lowest BCUT2D eigenvalue weighted by Gasteiger charge is -2.33. The van der Waals surface area contributed by atoms with Crippen molar-refractivity contribution in [1.29, 1.82) is 0 Å². The third-order valence-electron chi connectivity index (χ3n) is 3.05. The van der Waals surface area contributed by atoms with Crippen LogP contribution in [-0.4, -0.2) is 42.1 Å². The minimum absolute atomic E-state index is 0.662. The van der Waals surface area contributed by atoms with Crippen LogP contribution in [-0.2, 0) is 6.42 Å². The van der Waals surface area contributed by atoms with Gasteiger partial charge in [0.15, 0.2) is 0 Å². The molecule has 2 heterocycles. The molecule has 0 saturated carbocycles. The molecule has 0 aromatic carbocycles. The molecule has 0 spiro atoms. The summed E-state index contributed by atoms with van der Waals surface area (Å²) in [6, 6.07) is 4.83. The van der Waals surface area contributed by atoms with Crippen LogP contribution in [0.1, 0.15) is 12.5 Å². The van der Waals surface area contributed by atoms with E-state index in [1.54, 1.807) is 0 Å². The Bertz CT molecular complexity index is 286. The Labute approximate surface area is 91.5 Å². The van der Waals surface area contributed by atoms with Gasteiger partial charge in [-0.25, -0.2) is 0 Å². The number of rotatable bonds is 3. The van der Waals surface area contributed by atoms with Crippen LogP contribution in [0, 0.1) is 0 Å². The van der Waals surface area contributed by atoms with Gasteiger partial charge < -0.3 is 5.32 Å².